The fourth-order valence-electron chi connectivity index (χ4n) is 3.75. The van der Waals surface area contributed by atoms with Gasteiger partial charge in [0.1, 0.15) is 12.2 Å². The highest BCUT2D eigenvalue weighted by molar-refractivity contribution is 6.74. The number of nitrogens with zero attached hydrogens (tertiary/aromatic N) is 2. The highest BCUT2D eigenvalue weighted by Gasteiger charge is 2.47. The molecule has 2 heterocycles. The maximum atomic E-state index is 13.5. The molecule has 1 aliphatic heterocycles. The lowest BCUT2D eigenvalue weighted by atomic mass is 9.96. The third-order valence-electron chi connectivity index (χ3n) is 6.53. The molecule has 1 fully saturated rings. The SMILES string of the molecule is CC(C)(C)[Si](C)(C)O[C@](C)(CC(=O)N1C(=O)OC[C@@H]1Cc1ccccc1)c1ccccn1. The van der Waals surface area contributed by atoms with Gasteiger partial charge in [0.2, 0.25) is 5.91 Å². The maximum absolute atomic E-state index is 13.5. The van der Waals surface area contributed by atoms with Crippen molar-refractivity contribution < 1.29 is 18.8 Å². The minimum Gasteiger partial charge on any atom is -0.447 e. The summed E-state index contributed by atoms with van der Waals surface area (Å²) in [5.74, 6) is -0.305. The summed E-state index contributed by atoms with van der Waals surface area (Å²) in [6.45, 7) is 12.9. The molecular formula is C25H34N2O4Si. The van der Waals surface area contributed by atoms with Gasteiger partial charge in [-0.25, -0.2) is 9.69 Å². The van der Waals surface area contributed by atoms with Crippen molar-refractivity contribution in [2.75, 3.05) is 6.61 Å². The summed E-state index contributed by atoms with van der Waals surface area (Å²) >= 11 is 0. The fourth-order valence-corrected chi connectivity index (χ4v) is 5.36. The standard InChI is InChI=1S/C25H34N2O4Si/c1-24(2,3)32(5,6)31-25(4,21-14-10-11-15-26-21)17-22(28)27-20(18-30-23(27)29)16-19-12-8-7-9-13-19/h7-15,20H,16-18H2,1-6H3/t20-,25+/m0/s1. The van der Waals surface area contributed by atoms with E-state index in [4.69, 9.17) is 9.16 Å². The van der Waals surface area contributed by atoms with E-state index < -0.39 is 20.0 Å². The second-order valence-corrected chi connectivity index (χ2v) is 14.9. The Hall–Kier alpha value is -2.51. The smallest absolute Gasteiger partial charge is 0.416 e. The molecule has 1 aliphatic rings. The molecule has 2 amide bonds. The first-order valence-corrected chi connectivity index (χ1v) is 14.0. The number of aromatic nitrogens is 1. The number of carbonyl (C=O) groups is 2. The predicted molar refractivity (Wildman–Crippen MR) is 127 cm³/mol. The Morgan fingerprint density at radius 3 is 2.38 bits per heavy atom. The molecule has 1 aromatic carbocycles. The molecule has 0 N–H and O–H groups in total. The van der Waals surface area contributed by atoms with Gasteiger partial charge >= 0.3 is 6.09 Å². The zero-order valence-electron chi connectivity index (χ0n) is 19.9. The van der Waals surface area contributed by atoms with E-state index in [2.05, 4.69) is 38.8 Å². The number of hydrogen-bond donors (Lipinski definition) is 0. The number of pyridine rings is 1. The number of rotatable bonds is 7. The Balaban J connectivity index is 1.88. The van der Waals surface area contributed by atoms with Crippen LogP contribution in [0, 0.1) is 0 Å². The Morgan fingerprint density at radius 2 is 1.78 bits per heavy atom. The van der Waals surface area contributed by atoms with Crippen LogP contribution in [0.15, 0.2) is 54.7 Å². The van der Waals surface area contributed by atoms with Crippen molar-refractivity contribution >= 4 is 20.3 Å². The van der Waals surface area contributed by atoms with Crippen LogP contribution in [0.2, 0.25) is 18.1 Å². The average molecular weight is 455 g/mol. The van der Waals surface area contributed by atoms with Crippen molar-refractivity contribution in [2.24, 2.45) is 0 Å². The second kappa shape index (κ2) is 9.15. The fraction of sp³-hybridized carbons (Fsp3) is 0.480. The van der Waals surface area contributed by atoms with Gasteiger partial charge in [0.25, 0.3) is 0 Å². The summed E-state index contributed by atoms with van der Waals surface area (Å²) in [4.78, 5) is 31.8. The van der Waals surface area contributed by atoms with Gasteiger partial charge in [-0.1, -0.05) is 57.2 Å². The summed E-state index contributed by atoms with van der Waals surface area (Å²) in [7, 11) is -2.25. The quantitative estimate of drug-likeness (QED) is 0.531. The lowest BCUT2D eigenvalue weighted by Gasteiger charge is -2.44. The summed E-state index contributed by atoms with van der Waals surface area (Å²) in [6.07, 6.45) is 1.68. The number of imide groups is 1. The largest absolute Gasteiger partial charge is 0.447 e. The first-order valence-electron chi connectivity index (χ1n) is 11.1. The molecule has 2 atom stereocenters. The molecule has 0 aliphatic carbocycles. The van der Waals surface area contributed by atoms with Crippen LogP contribution in [0.4, 0.5) is 4.79 Å². The molecule has 0 unspecified atom stereocenters. The maximum Gasteiger partial charge on any atom is 0.416 e. The highest BCUT2D eigenvalue weighted by atomic mass is 28.4. The van der Waals surface area contributed by atoms with Crippen molar-refractivity contribution in [2.45, 2.75) is 70.3 Å². The Bertz CT molecular complexity index is 943. The number of carbonyl (C=O) groups excluding carboxylic acids is 2. The van der Waals surface area contributed by atoms with E-state index >= 15 is 0 Å². The molecule has 7 heteroatoms. The van der Waals surface area contributed by atoms with Gasteiger partial charge in [0, 0.05) is 6.20 Å². The highest BCUT2D eigenvalue weighted by Crippen LogP contribution is 2.43. The molecular weight excluding hydrogens is 420 g/mol. The van der Waals surface area contributed by atoms with Gasteiger partial charge in [-0.2, -0.15) is 0 Å². The third kappa shape index (κ3) is 5.27. The van der Waals surface area contributed by atoms with E-state index in [-0.39, 0.29) is 30.0 Å². The molecule has 3 rings (SSSR count). The van der Waals surface area contributed by atoms with E-state index in [0.717, 1.165) is 5.56 Å². The average Bonchev–Trinajstić information content (AvgIpc) is 3.08. The van der Waals surface area contributed by atoms with Crippen LogP contribution in [0.25, 0.3) is 0 Å². The van der Waals surface area contributed by atoms with Crippen molar-refractivity contribution in [3.63, 3.8) is 0 Å². The Kier molecular flexibility index (Phi) is 6.90. The van der Waals surface area contributed by atoms with E-state index in [0.29, 0.717) is 12.1 Å². The first kappa shape index (κ1) is 24.1. The summed E-state index contributed by atoms with van der Waals surface area (Å²) in [5.41, 5.74) is 0.783. The van der Waals surface area contributed by atoms with Crippen LogP contribution in [0.5, 0.6) is 0 Å². The molecule has 0 radical (unpaired) electrons. The number of benzene rings is 1. The van der Waals surface area contributed by atoms with Crippen molar-refractivity contribution in [1.82, 2.24) is 9.88 Å². The Labute approximate surface area is 192 Å². The number of amides is 2. The topological polar surface area (TPSA) is 68.7 Å². The monoisotopic (exact) mass is 454 g/mol. The molecule has 1 saturated heterocycles. The van der Waals surface area contributed by atoms with Crippen molar-refractivity contribution in [3.8, 4) is 0 Å². The third-order valence-corrected chi connectivity index (χ3v) is 11.1. The zero-order chi connectivity index (χ0) is 23.6. The van der Waals surface area contributed by atoms with Crippen LogP contribution >= 0.6 is 0 Å². The van der Waals surface area contributed by atoms with E-state index in [1.807, 2.05) is 55.5 Å². The molecule has 2 aromatic rings. The van der Waals surface area contributed by atoms with Crippen LogP contribution in [0.1, 0.15) is 45.4 Å². The number of cyclic esters (lactones) is 1. The second-order valence-electron chi connectivity index (χ2n) is 10.2. The molecule has 0 saturated carbocycles. The van der Waals surface area contributed by atoms with E-state index in [9.17, 15) is 9.59 Å². The first-order chi connectivity index (χ1) is 14.9. The molecule has 32 heavy (non-hydrogen) atoms. The molecule has 6 nitrogen and oxygen atoms in total. The van der Waals surface area contributed by atoms with Gasteiger partial charge in [-0.05, 0) is 49.2 Å². The van der Waals surface area contributed by atoms with Crippen molar-refractivity contribution in [3.05, 3.63) is 66.0 Å². The van der Waals surface area contributed by atoms with E-state index in [1.165, 1.54) is 4.90 Å². The number of hydrogen-bond acceptors (Lipinski definition) is 5. The van der Waals surface area contributed by atoms with Crippen LogP contribution < -0.4 is 0 Å². The summed E-state index contributed by atoms with van der Waals surface area (Å²) in [5, 5.41) is -0.0471. The molecule has 172 valence electrons. The van der Waals surface area contributed by atoms with E-state index in [1.54, 1.807) is 6.20 Å². The molecule has 0 spiro atoms. The summed E-state index contributed by atoms with van der Waals surface area (Å²) in [6, 6.07) is 15.1. The summed E-state index contributed by atoms with van der Waals surface area (Å²) < 4.78 is 12.0. The van der Waals surface area contributed by atoms with Crippen LogP contribution in [-0.4, -0.2) is 42.9 Å². The van der Waals surface area contributed by atoms with Crippen LogP contribution in [0.3, 0.4) is 0 Å². The minimum atomic E-state index is -2.25. The van der Waals surface area contributed by atoms with Gasteiger partial charge in [-0.15, -0.1) is 0 Å². The van der Waals surface area contributed by atoms with Gasteiger partial charge in [-0.3, -0.25) is 9.78 Å². The van der Waals surface area contributed by atoms with Crippen molar-refractivity contribution in [1.29, 1.82) is 0 Å². The lowest BCUT2D eigenvalue weighted by Crippen LogP contribution is -2.50. The van der Waals surface area contributed by atoms with Gasteiger partial charge in [0.05, 0.1) is 18.2 Å². The predicted octanol–water partition coefficient (Wildman–Crippen LogP) is 5.30. The Morgan fingerprint density at radius 1 is 1.12 bits per heavy atom. The van der Waals surface area contributed by atoms with Gasteiger partial charge < -0.3 is 9.16 Å². The molecule has 0 bridgehead atoms. The zero-order valence-corrected chi connectivity index (χ0v) is 20.9. The van der Waals surface area contributed by atoms with Gasteiger partial charge in [0.15, 0.2) is 8.32 Å². The molecule has 1 aromatic heterocycles. The number of ether oxygens (including phenoxy) is 1. The normalized spacial score (nSPS) is 18.9. The lowest BCUT2D eigenvalue weighted by molar-refractivity contribution is -0.133. The minimum absolute atomic E-state index is 0.0108. The van der Waals surface area contributed by atoms with Crippen LogP contribution in [-0.2, 0) is 26.0 Å².